The Morgan fingerprint density at radius 2 is 1.88 bits per heavy atom. The summed E-state index contributed by atoms with van der Waals surface area (Å²) in [5.74, 6) is 0.862. The number of carbonyl (C=O) groups is 1. The SMILES string of the molecule is Cc1ccc(N2C(=S)NC(=NCCOC(=O)Nc3ccc(Cl)c(Cl)c3)C23CCCCC3)cc1. The minimum Gasteiger partial charge on any atom is -0.447 e. The lowest BCUT2D eigenvalue weighted by atomic mass is 9.80. The zero-order valence-electron chi connectivity index (χ0n) is 18.4. The van der Waals surface area contributed by atoms with Crippen molar-refractivity contribution in [2.45, 2.75) is 44.6 Å². The van der Waals surface area contributed by atoms with Crippen LogP contribution in [0.1, 0.15) is 37.7 Å². The van der Waals surface area contributed by atoms with Crippen molar-refractivity contribution in [1.82, 2.24) is 5.32 Å². The molecule has 2 aliphatic rings. The zero-order chi connectivity index (χ0) is 23.4. The van der Waals surface area contributed by atoms with Crippen LogP contribution >= 0.6 is 35.4 Å². The number of thiocarbonyl (C=S) groups is 1. The van der Waals surface area contributed by atoms with Gasteiger partial charge in [-0.2, -0.15) is 0 Å². The molecule has 2 aromatic rings. The molecule has 0 radical (unpaired) electrons. The fourth-order valence-electron chi connectivity index (χ4n) is 4.44. The monoisotopic (exact) mass is 504 g/mol. The summed E-state index contributed by atoms with van der Waals surface area (Å²) >= 11 is 17.6. The summed E-state index contributed by atoms with van der Waals surface area (Å²) in [7, 11) is 0. The van der Waals surface area contributed by atoms with Crippen molar-refractivity contribution in [3.05, 3.63) is 58.1 Å². The molecule has 0 unspecified atom stereocenters. The molecule has 174 valence electrons. The van der Waals surface area contributed by atoms with Crippen LogP contribution in [0.2, 0.25) is 10.0 Å². The Bertz CT molecular complexity index is 1070. The Hall–Kier alpha value is -2.35. The number of ether oxygens (including phenoxy) is 1. The molecule has 0 bridgehead atoms. The average molecular weight is 505 g/mol. The number of halogens is 2. The summed E-state index contributed by atoms with van der Waals surface area (Å²) < 4.78 is 5.30. The Morgan fingerprint density at radius 1 is 1.15 bits per heavy atom. The maximum atomic E-state index is 12.1. The van der Waals surface area contributed by atoms with Crippen LogP contribution in [0.4, 0.5) is 16.2 Å². The van der Waals surface area contributed by atoms with Gasteiger partial charge in [0.15, 0.2) is 5.11 Å². The fourth-order valence-corrected chi connectivity index (χ4v) is 5.11. The molecule has 0 aromatic heterocycles. The number of anilines is 2. The van der Waals surface area contributed by atoms with Crippen LogP contribution in [0.5, 0.6) is 0 Å². The van der Waals surface area contributed by atoms with Crippen molar-refractivity contribution in [3.8, 4) is 0 Å². The molecule has 2 N–H and O–H groups in total. The van der Waals surface area contributed by atoms with E-state index in [1.165, 1.54) is 12.0 Å². The molecule has 1 aliphatic heterocycles. The van der Waals surface area contributed by atoms with Crippen LogP contribution in [-0.2, 0) is 4.74 Å². The molecule has 6 nitrogen and oxygen atoms in total. The highest BCUT2D eigenvalue weighted by Gasteiger charge is 2.50. The van der Waals surface area contributed by atoms with Crippen LogP contribution in [0.3, 0.4) is 0 Å². The summed E-state index contributed by atoms with van der Waals surface area (Å²) in [5.41, 5.74) is 2.52. The lowest BCUT2D eigenvalue weighted by Crippen LogP contribution is -2.51. The van der Waals surface area contributed by atoms with Crippen molar-refractivity contribution in [2.75, 3.05) is 23.4 Å². The van der Waals surface area contributed by atoms with Gasteiger partial charge in [-0.3, -0.25) is 10.3 Å². The molecule has 1 aliphatic carbocycles. The molecule has 1 heterocycles. The summed E-state index contributed by atoms with van der Waals surface area (Å²) in [5, 5.41) is 7.43. The van der Waals surface area contributed by atoms with Crippen LogP contribution in [-0.4, -0.2) is 35.7 Å². The quantitative estimate of drug-likeness (QED) is 0.366. The Morgan fingerprint density at radius 3 is 2.58 bits per heavy atom. The number of hydrogen-bond acceptors (Lipinski definition) is 4. The van der Waals surface area contributed by atoms with Crippen LogP contribution < -0.4 is 15.5 Å². The molecule has 1 saturated carbocycles. The fraction of sp³-hybridized carbons (Fsp3) is 0.375. The number of aliphatic imine (C=N–C) groups is 1. The van der Waals surface area contributed by atoms with Gasteiger partial charge >= 0.3 is 6.09 Å². The normalized spacial score (nSPS) is 18.5. The third kappa shape index (κ3) is 5.26. The highest BCUT2D eigenvalue weighted by atomic mass is 35.5. The molecular weight excluding hydrogens is 479 g/mol. The summed E-state index contributed by atoms with van der Waals surface area (Å²) in [6, 6.07) is 13.3. The first kappa shape index (κ1) is 23.8. The van der Waals surface area contributed by atoms with Crippen molar-refractivity contribution in [3.63, 3.8) is 0 Å². The van der Waals surface area contributed by atoms with E-state index < -0.39 is 6.09 Å². The molecule has 0 atom stereocenters. The number of aryl methyl sites for hydroxylation is 1. The van der Waals surface area contributed by atoms with Gasteiger partial charge in [0, 0.05) is 11.4 Å². The minimum absolute atomic E-state index is 0.145. The van der Waals surface area contributed by atoms with E-state index in [-0.39, 0.29) is 12.1 Å². The number of amides is 1. The van der Waals surface area contributed by atoms with E-state index in [1.54, 1.807) is 18.2 Å². The standard InChI is InChI=1S/C24H26Cl2N4O2S/c1-16-5-8-18(9-6-16)30-22(33)29-21(24(30)11-3-2-4-12-24)27-13-14-32-23(31)28-17-7-10-19(25)20(26)15-17/h5-10,15H,2-4,11-14H2,1H3,(H,28,31)(H,27,29,33). The molecular formula is C24H26Cl2N4O2S. The summed E-state index contributed by atoms with van der Waals surface area (Å²) in [6.07, 6.45) is 4.83. The van der Waals surface area contributed by atoms with Gasteiger partial charge in [-0.15, -0.1) is 0 Å². The maximum absolute atomic E-state index is 12.1. The average Bonchev–Trinajstić information content (AvgIpc) is 3.05. The number of hydrogen-bond donors (Lipinski definition) is 2. The summed E-state index contributed by atoms with van der Waals surface area (Å²) in [4.78, 5) is 19.1. The van der Waals surface area contributed by atoms with E-state index in [0.717, 1.165) is 37.2 Å². The predicted molar refractivity (Wildman–Crippen MR) is 139 cm³/mol. The van der Waals surface area contributed by atoms with E-state index in [1.807, 2.05) is 0 Å². The van der Waals surface area contributed by atoms with Crippen molar-refractivity contribution < 1.29 is 9.53 Å². The first-order valence-electron chi connectivity index (χ1n) is 11.0. The number of benzene rings is 2. The second-order valence-corrected chi connectivity index (χ2v) is 9.51. The van der Waals surface area contributed by atoms with Crippen LogP contribution in [0.15, 0.2) is 47.5 Å². The molecule has 33 heavy (non-hydrogen) atoms. The number of carbonyl (C=O) groups excluding carboxylic acids is 1. The lowest BCUT2D eigenvalue weighted by Gasteiger charge is -2.41. The minimum atomic E-state index is -0.572. The largest absolute Gasteiger partial charge is 0.447 e. The third-order valence-electron chi connectivity index (χ3n) is 6.03. The van der Waals surface area contributed by atoms with E-state index in [9.17, 15) is 4.79 Å². The predicted octanol–water partition coefficient (Wildman–Crippen LogP) is 6.35. The third-order valence-corrected chi connectivity index (χ3v) is 7.05. The zero-order valence-corrected chi connectivity index (χ0v) is 20.7. The number of nitrogens with one attached hydrogen (secondary N) is 2. The maximum Gasteiger partial charge on any atom is 0.411 e. The molecule has 4 rings (SSSR count). The van der Waals surface area contributed by atoms with Crippen LogP contribution in [0.25, 0.3) is 0 Å². The molecule has 2 fully saturated rings. The first-order chi connectivity index (χ1) is 15.9. The highest BCUT2D eigenvalue weighted by Crippen LogP contribution is 2.40. The van der Waals surface area contributed by atoms with E-state index >= 15 is 0 Å². The van der Waals surface area contributed by atoms with Gasteiger partial charge in [0.25, 0.3) is 0 Å². The first-order valence-corrected chi connectivity index (χ1v) is 12.2. The van der Waals surface area contributed by atoms with E-state index in [4.69, 9.17) is 45.1 Å². The molecule has 1 spiro atoms. The van der Waals surface area contributed by atoms with Gasteiger partial charge in [0.05, 0.1) is 16.6 Å². The van der Waals surface area contributed by atoms with Crippen molar-refractivity contribution in [1.29, 1.82) is 0 Å². The van der Waals surface area contributed by atoms with E-state index in [2.05, 4.69) is 46.7 Å². The Kier molecular flexibility index (Phi) is 7.41. The number of amidine groups is 1. The van der Waals surface area contributed by atoms with Gasteiger partial charge in [-0.25, -0.2) is 4.79 Å². The van der Waals surface area contributed by atoms with Crippen molar-refractivity contribution >= 4 is 63.8 Å². The molecule has 1 saturated heterocycles. The van der Waals surface area contributed by atoms with Gasteiger partial charge in [-0.1, -0.05) is 60.2 Å². The highest BCUT2D eigenvalue weighted by molar-refractivity contribution is 7.80. The smallest absolute Gasteiger partial charge is 0.411 e. The molecule has 2 aromatic carbocycles. The Labute approximate surface area is 209 Å². The van der Waals surface area contributed by atoms with E-state index in [0.29, 0.717) is 27.4 Å². The van der Waals surface area contributed by atoms with Crippen LogP contribution in [0, 0.1) is 6.92 Å². The van der Waals surface area contributed by atoms with Gasteiger partial charge in [0.2, 0.25) is 0 Å². The molecule has 9 heteroatoms. The topological polar surface area (TPSA) is 66.0 Å². The second kappa shape index (κ2) is 10.3. The number of rotatable bonds is 5. The number of nitrogens with zero attached hydrogens (tertiary/aromatic N) is 2. The Balaban J connectivity index is 1.42. The van der Waals surface area contributed by atoms with Gasteiger partial charge in [-0.05, 0) is 62.3 Å². The van der Waals surface area contributed by atoms with Crippen molar-refractivity contribution in [2.24, 2.45) is 4.99 Å². The second-order valence-electron chi connectivity index (χ2n) is 8.31. The van der Waals surface area contributed by atoms with Gasteiger partial charge in [0.1, 0.15) is 18.0 Å². The summed E-state index contributed by atoms with van der Waals surface area (Å²) in [6.45, 7) is 2.56. The lowest BCUT2D eigenvalue weighted by molar-refractivity contribution is 0.165. The molecule has 1 amide bonds. The van der Waals surface area contributed by atoms with Gasteiger partial charge < -0.3 is 15.0 Å².